The molecule has 0 aliphatic carbocycles. The fourth-order valence-corrected chi connectivity index (χ4v) is 2.40. The number of phenolic OH excluding ortho intramolecular Hbond substituents is 1. The van der Waals surface area contributed by atoms with Crippen molar-refractivity contribution in [3.05, 3.63) is 65.6 Å². The fraction of sp³-hybridized carbons (Fsp3) is 0.125. The number of hydrogen-bond acceptors (Lipinski definition) is 4. The third-order valence-corrected chi connectivity index (χ3v) is 3.48. The van der Waals surface area contributed by atoms with Crippen molar-refractivity contribution in [2.45, 2.75) is 13.0 Å². The molecule has 0 aliphatic heterocycles. The predicted molar refractivity (Wildman–Crippen MR) is 78.4 cm³/mol. The van der Waals surface area contributed by atoms with E-state index in [1.807, 2.05) is 37.3 Å². The van der Waals surface area contributed by atoms with Crippen LogP contribution in [0.25, 0.3) is 10.9 Å². The Bertz CT molecular complexity index is 756. The van der Waals surface area contributed by atoms with E-state index in [9.17, 15) is 5.11 Å². The molecule has 3 rings (SSSR count). The molecule has 0 radical (unpaired) electrons. The number of hydrogen-bond donors (Lipinski definition) is 2. The number of phenols is 1. The molecular weight excluding hydrogens is 250 g/mol. The van der Waals surface area contributed by atoms with Crippen molar-refractivity contribution in [2.75, 3.05) is 0 Å². The molecule has 1 aromatic carbocycles. The Labute approximate surface area is 116 Å². The van der Waals surface area contributed by atoms with Crippen LogP contribution in [0.5, 0.6) is 5.75 Å². The van der Waals surface area contributed by atoms with E-state index in [0.717, 1.165) is 16.5 Å². The van der Waals surface area contributed by atoms with Crippen LogP contribution < -0.4 is 5.73 Å². The first kappa shape index (κ1) is 12.6. The number of nitrogens with zero attached hydrogens (tertiary/aromatic N) is 2. The zero-order chi connectivity index (χ0) is 14.1. The van der Waals surface area contributed by atoms with E-state index in [1.54, 1.807) is 18.6 Å². The van der Waals surface area contributed by atoms with Crippen molar-refractivity contribution in [1.82, 2.24) is 9.97 Å². The molecule has 20 heavy (non-hydrogen) atoms. The molecule has 0 amide bonds. The van der Waals surface area contributed by atoms with Crippen LogP contribution in [-0.2, 0) is 0 Å². The summed E-state index contributed by atoms with van der Waals surface area (Å²) in [7, 11) is 0. The maximum atomic E-state index is 10.4. The summed E-state index contributed by atoms with van der Waals surface area (Å²) in [6.45, 7) is 1.99. The third kappa shape index (κ3) is 2.00. The summed E-state index contributed by atoms with van der Waals surface area (Å²) in [6, 6.07) is 9.02. The molecule has 0 bridgehead atoms. The monoisotopic (exact) mass is 265 g/mol. The van der Waals surface area contributed by atoms with E-state index in [0.29, 0.717) is 11.1 Å². The Morgan fingerprint density at radius 3 is 2.75 bits per heavy atom. The van der Waals surface area contributed by atoms with Crippen LogP contribution in [-0.4, -0.2) is 15.1 Å². The molecule has 3 N–H and O–H groups in total. The minimum Gasteiger partial charge on any atom is -0.505 e. The number of fused-ring (bicyclic) bond motifs is 1. The first-order chi connectivity index (χ1) is 9.68. The van der Waals surface area contributed by atoms with Gasteiger partial charge in [-0.2, -0.15) is 0 Å². The van der Waals surface area contributed by atoms with Crippen molar-refractivity contribution >= 4 is 10.9 Å². The summed E-state index contributed by atoms with van der Waals surface area (Å²) in [5.74, 6) is 0.141. The lowest BCUT2D eigenvalue weighted by Gasteiger charge is -2.16. The van der Waals surface area contributed by atoms with E-state index < -0.39 is 6.04 Å². The van der Waals surface area contributed by atoms with Crippen molar-refractivity contribution < 1.29 is 5.11 Å². The van der Waals surface area contributed by atoms with Gasteiger partial charge in [0.05, 0.1) is 6.04 Å². The zero-order valence-corrected chi connectivity index (χ0v) is 11.1. The Morgan fingerprint density at radius 2 is 2.00 bits per heavy atom. The van der Waals surface area contributed by atoms with Crippen LogP contribution in [0, 0.1) is 6.92 Å². The van der Waals surface area contributed by atoms with Gasteiger partial charge in [0, 0.05) is 29.5 Å². The number of pyridine rings is 2. The smallest absolute Gasteiger partial charge is 0.146 e. The SMILES string of the molecule is Cc1cc(C(N)c2cccnc2)c(O)c2ncccc12. The first-order valence-electron chi connectivity index (χ1n) is 6.41. The van der Waals surface area contributed by atoms with Gasteiger partial charge in [-0.05, 0) is 36.2 Å². The molecular formula is C16H15N3O. The lowest BCUT2D eigenvalue weighted by molar-refractivity contribution is 0.470. The minimum absolute atomic E-state index is 0.141. The van der Waals surface area contributed by atoms with E-state index in [2.05, 4.69) is 9.97 Å². The summed E-state index contributed by atoms with van der Waals surface area (Å²) in [4.78, 5) is 8.33. The van der Waals surface area contributed by atoms with Crippen LogP contribution >= 0.6 is 0 Å². The molecule has 1 unspecified atom stereocenters. The summed E-state index contributed by atoms with van der Waals surface area (Å²) >= 11 is 0. The van der Waals surface area contributed by atoms with Gasteiger partial charge in [-0.15, -0.1) is 0 Å². The lowest BCUT2D eigenvalue weighted by atomic mass is 9.96. The van der Waals surface area contributed by atoms with Gasteiger partial charge < -0.3 is 10.8 Å². The molecule has 0 fully saturated rings. The average Bonchev–Trinajstić information content (AvgIpc) is 2.51. The number of aromatic nitrogens is 2. The number of benzene rings is 1. The number of aryl methyl sites for hydroxylation is 1. The number of nitrogens with two attached hydrogens (primary N) is 1. The second kappa shape index (κ2) is 4.90. The summed E-state index contributed by atoms with van der Waals surface area (Å²) in [5.41, 5.74) is 9.40. The van der Waals surface area contributed by atoms with Crippen LogP contribution in [0.1, 0.15) is 22.7 Å². The van der Waals surface area contributed by atoms with Gasteiger partial charge in [0.25, 0.3) is 0 Å². The molecule has 1 atom stereocenters. The molecule has 2 aromatic heterocycles. The maximum Gasteiger partial charge on any atom is 0.146 e. The highest BCUT2D eigenvalue weighted by molar-refractivity contribution is 5.88. The largest absolute Gasteiger partial charge is 0.505 e. The van der Waals surface area contributed by atoms with Crippen LogP contribution in [0.2, 0.25) is 0 Å². The highest BCUT2D eigenvalue weighted by Gasteiger charge is 2.17. The molecule has 2 heterocycles. The van der Waals surface area contributed by atoms with Crippen molar-refractivity contribution in [2.24, 2.45) is 5.73 Å². The van der Waals surface area contributed by atoms with Gasteiger partial charge in [-0.25, -0.2) is 0 Å². The maximum absolute atomic E-state index is 10.4. The standard InChI is InChI=1S/C16H15N3O/c1-10-8-13(14(17)11-4-2-6-18-9-11)16(20)15-12(10)5-3-7-19-15/h2-9,14,20H,17H2,1H3. The molecule has 4 nitrogen and oxygen atoms in total. The van der Waals surface area contributed by atoms with Gasteiger partial charge >= 0.3 is 0 Å². The first-order valence-corrected chi connectivity index (χ1v) is 6.41. The van der Waals surface area contributed by atoms with Crippen molar-refractivity contribution in [3.8, 4) is 5.75 Å². The highest BCUT2D eigenvalue weighted by atomic mass is 16.3. The van der Waals surface area contributed by atoms with E-state index in [-0.39, 0.29) is 5.75 Å². The van der Waals surface area contributed by atoms with Gasteiger partial charge in [-0.3, -0.25) is 9.97 Å². The van der Waals surface area contributed by atoms with Gasteiger partial charge in [0.1, 0.15) is 11.3 Å². The Balaban J connectivity index is 2.20. The Morgan fingerprint density at radius 1 is 1.20 bits per heavy atom. The zero-order valence-electron chi connectivity index (χ0n) is 11.1. The van der Waals surface area contributed by atoms with Gasteiger partial charge in [0.2, 0.25) is 0 Å². The molecule has 0 spiro atoms. The fourth-order valence-electron chi connectivity index (χ4n) is 2.40. The van der Waals surface area contributed by atoms with Crippen LogP contribution in [0.4, 0.5) is 0 Å². The number of aromatic hydroxyl groups is 1. The quantitative estimate of drug-likeness (QED) is 0.747. The molecule has 100 valence electrons. The Kier molecular flexibility index (Phi) is 3.08. The highest BCUT2D eigenvalue weighted by Crippen LogP contribution is 2.34. The molecule has 0 saturated carbocycles. The molecule has 4 heteroatoms. The second-order valence-corrected chi connectivity index (χ2v) is 4.79. The van der Waals surface area contributed by atoms with Gasteiger partial charge in [0.15, 0.2) is 0 Å². The second-order valence-electron chi connectivity index (χ2n) is 4.79. The summed E-state index contributed by atoms with van der Waals surface area (Å²) < 4.78 is 0. The van der Waals surface area contributed by atoms with Crippen LogP contribution in [0.15, 0.2) is 48.9 Å². The van der Waals surface area contributed by atoms with Gasteiger partial charge in [-0.1, -0.05) is 12.1 Å². The molecule has 0 aliphatic rings. The lowest BCUT2D eigenvalue weighted by Crippen LogP contribution is -2.12. The summed E-state index contributed by atoms with van der Waals surface area (Å²) in [6.07, 6.45) is 5.08. The van der Waals surface area contributed by atoms with E-state index >= 15 is 0 Å². The summed E-state index contributed by atoms with van der Waals surface area (Å²) in [5, 5.41) is 11.4. The molecule has 0 saturated heterocycles. The topological polar surface area (TPSA) is 72.0 Å². The predicted octanol–water partition coefficient (Wildman–Crippen LogP) is 2.69. The molecule has 3 aromatic rings. The Hall–Kier alpha value is -2.46. The average molecular weight is 265 g/mol. The minimum atomic E-state index is -0.422. The van der Waals surface area contributed by atoms with Crippen molar-refractivity contribution in [1.29, 1.82) is 0 Å². The van der Waals surface area contributed by atoms with E-state index in [1.165, 1.54) is 0 Å². The third-order valence-electron chi connectivity index (χ3n) is 3.48. The number of rotatable bonds is 2. The normalized spacial score (nSPS) is 12.5. The van der Waals surface area contributed by atoms with E-state index in [4.69, 9.17) is 5.73 Å². The van der Waals surface area contributed by atoms with Crippen LogP contribution in [0.3, 0.4) is 0 Å². The van der Waals surface area contributed by atoms with Crippen molar-refractivity contribution in [3.63, 3.8) is 0 Å².